The van der Waals surface area contributed by atoms with E-state index in [0.717, 1.165) is 44.4 Å². The van der Waals surface area contributed by atoms with Crippen molar-refractivity contribution < 1.29 is 4.74 Å². The lowest BCUT2D eigenvalue weighted by molar-refractivity contribution is 0.193. The molecule has 6 heteroatoms. The van der Waals surface area contributed by atoms with E-state index in [4.69, 9.17) is 9.84 Å². The van der Waals surface area contributed by atoms with Crippen molar-refractivity contribution >= 4 is 5.95 Å². The van der Waals surface area contributed by atoms with Gasteiger partial charge >= 0.3 is 0 Å². The molecule has 0 amide bonds. The van der Waals surface area contributed by atoms with Crippen LogP contribution in [0.5, 0.6) is 0 Å². The Labute approximate surface area is 117 Å². The minimum absolute atomic E-state index is 0.248. The molecular formula is C14H17N5O. The summed E-state index contributed by atoms with van der Waals surface area (Å²) >= 11 is 0. The fourth-order valence-corrected chi connectivity index (χ4v) is 2.93. The third-order valence-electron chi connectivity index (χ3n) is 4.03. The molecule has 1 fully saturated rings. The lowest BCUT2D eigenvalue weighted by Crippen LogP contribution is -2.24. The van der Waals surface area contributed by atoms with E-state index in [1.807, 2.05) is 17.1 Å². The van der Waals surface area contributed by atoms with E-state index in [-0.39, 0.29) is 6.04 Å². The van der Waals surface area contributed by atoms with Gasteiger partial charge in [-0.05, 0) is 30.5 Å². The largest absolute Gasteiger partial charge is 0.381 e. The van der Waals surface area contributed by atoms with Crippen LogP contribution in [0.4, 0.5) is 5.95 Å². The number of anilines is 1. The van der Waals surface area contributed by atoms with Gasteiger partial charge in [-0.1, -0.05) is 0 Å². The summed E-state index contributed by atoms with van der Waals surface area (Å²) in [6.07, 6.45) is 5.70. The van der Waals surface area contributed by atoms with Crippen molar-refractivity contribution in [3.8, 4) is 0 Å². The van der Waals surface area contributed by atoms with Crippen LogP contribution in [0.15, 0.2) is 24.5 Å². The average Bonchev–Trinajstić information content (AvgIpc) is 3.16. The normalized spacial score (nSPS) is 25.2. The molecule has 2 aliphatic rings. The molecule has 2 aliphatic heterocycles. The van der Waals surface area contributed by atoms with Crippen molar-refractivity contribution in [2.75, 3.05) is 25.1 Å². The van der Waals surface area contributed by atoms with Crippen LogP contribution in [-0.2, 0) is 4.74 Å². The number of pyridine rings is 1. The highest BCUT2D eigenvalue weighted by Gasteiger charge is 2.28. The SMILES string of the molecule is c1cc(C2CCNc3nc(C4CCOC4)nn32)ccn1. The maximum Gasteiger partial charge on any atom is 0.221 e. The standard InChI is InChI=1S/C14H17N5O/c1-5-15-6-2-10(1)12-3-7-16-14-17-13(18-19(12)14)11-4-8-20-9-11/h1-2,5-6,11-12H,3-4,7-9H2,(H,16,17,18). The first-order valence-corrected chi connectivity index (χ1v) is 7.10. The number of hydrogen-bond donors (Lipinski definition) is 1. The minimum atomic E-state index is 0.248. The zero-order chi connectivity index (χ0) is 13.4. The highest BCUT2D eigenvalue weighted by molar-refractivity contribution is 5.32. The zero-order valence-electron chi connectivity index (χ0n) is 11.2. The first-order chi connectivity index (χ1) is 9.92. The average molecular weight is 271 g/mol. The predicted octanol–water partition coefficient (Wildman–Crippen LogP) is 1.58. The summed E-state index contributed by atoms with van der Waals surface area (Å²) in [5.74, 6) is 2.12. The molecule has 2 unspecified atom stereocenters. The van der Waals surface area contributed by atoms with E-state index in [9.17, 15) is 0 Å². The Hall–Kier alpha value is -1.95. The fourth-order valence-electron chi connectivity index (χ4n) is 2.93. The first-order valence-electron chi connectivity index (χ1n) is 7.10. The van der Waals surface area contributed by atoms with E-state index in [1.54, 1.807) is 0 Å². The highest BCUT2D eigenvalue weighted by atomic mass is 16.5. The molecule has 0 aliphatic carbocycles. The lowest BCUT2D eigenvalue weighted by Gasteiger charge is -2.24. The predicted molar refractivity (Wildman–Crippen MR) is 73.7 cm³/mol. The molecule has 1 saturated heterocycles. The Morgan fingerprint density at radius 1 is 1.25 bits per heavy atom. The van der Waals surface area contributed by atoms with Crippen LogP contribution < -0.4 is 5.32 Å². The third kappa shape index (κ3) is 1.96. The molecule has 0 bridgehead atoms. The van der Waals surface area contributed by atoms with Crippen molar-refractivity contribution in [2.24, 2.45) is 0 Å². The number of fused-ring (bicyclic) bond motifs is 1. The van der Waals surface area contributed by atoms with Crippen molar-refractivity contribution in [2.45, 2.75) is 24.8 Å². The molecule has 20 heavy (non-hydrogen) atoms. The first kappa shape index (κ1) is 11.8. The van der Waals surface area contributed by atoms with Crippen LogP contribution in [0, 0.1) is 0 Å². The number of aromatic nitrogens is 4. The third-order valence-corrected chi connectivity index (χ3v) is 4.03. The Morgan fingerprint density at radius 2 is 2.15 bits per heavy atom. The zero-order valence-corrected chi connectivity index (χ0v) is 11.2. The van der Waals surface area contributed by atoms with E-state index < -0.39 is 0 Å². The Morgan fingerprint density at radius 3 is 2.95 bits per heavy atom. The topological polar surface area (TPSA) is 64.9 Å². The molecular weight excluding hydrogens is 254 g/mol. The van der Waals surface area contributed by atoms with Gasteiger partial charge in [-0.2, -0.15) is 10.1 Å². The number of nitrogens with zero attached hydrogens (tertiary/aromatic N) is 4. The minimum Gasteiger partial charge on any atom is -0.381 e. The van der Waals surface area contributed by atoms with E-state index in [1.165, 1.54) is 5.56 Å². The van der Waals surface area contributed by atoms with Gasteiger partial charge in [-0.25, -0.2) is 4.68 Å². The quantitative estimate of drug-likeness (QED) is 0.898. The van der Waals surface area contributed by atoms with Gasteiger partial charge in [-0.15, -0.1) is 0 Å². The van der Waals surface area contributed by atoms with Crippen molar-refractivity contribution in [1.29, 1.82) is 0 Å². The fraction of sp³-hybridized carbons (Fsp3) is 0.500. The second-order valence-corrected chi connectivity index (χ2v) is 5.31. The van der Waals surface area contributed by atoms with Gasteiger partial charge in [0.15, 0.2) is 5.82 Å². The summed E-state index contributed by atoms with van der Waals surface area (Å²) < 4.78 is 7.46. The molecule has 0 saturated carbocycles. The lowest BCUT2D eigenvalue weighted by atomic mass is 10.0. The van der Waals surface area contributed by atoms with Gasteiger partial charge in [0, 0.05) is 31.5 Å². The number of hydrogen-bond acceptors (Lipinski definition) is 5. The molecule has 4 heterocycles. The van der Waals surface area contributed by atoms with Gasteiger partial charge in [0.1, 0.15) is 0 Å². The number of rotatable bonds is 2. The maximum absolute atomic E-state index is 5.44. The van der Waals surface area contributed by atoms with Crippen molar-refractivity contribution in [3.63, 3.8) is 0 Å². The van der Waals surface area contributed by atoms with Gasteiger partial charge in [0.05, 0.1) is 12.6 Å². The molecule has 1 N–H and O–H groups in total. The van der Waals surface area contributed by atoms with Gasteiger partial charge < -0.3 is 10.1 Å². The monoisotopic (exact) mass is 271 g/mol. The van der Waals surface area contributed by atoms with Crippen LogP contribution >= 0.6 is 0 Å². The summed E-state index contributed by atoms with van der Waals surface area (Å²) in [6, 6.07) is 4.36. The van der Waals surface area contributed by atoms with E-state index >= 15 is 0 Å². The van der Waals surface area contributed by atoms with Crippen LogP contribution in [0.3, 0.4) is 0 Å². The van der Waals surface area contributed by atoms with Crippen LogP contribution in [0.1, 0.15) is 36.2 Å². The van der Waals surface area contributed by atoms with Crippen LogP contribution in [0.2, 0.25) is 0 Å². The molecule has 4 rings (SSSR count). The summed E-state index contributed by atoms with van der Waals surface area (Å²) in [4.78, 5) is 8.74. The van der Waals surface area contributed by atoms with E-state index in [0.29, 0.717) is 5.92 Å². The van der Waals surface area contributed by atoms with Gasteiger partial charge in [0.25, 0.3) is 0 Å². The van der Waals surface area contributed by atoms with Gasteiger partial charge in [-0.3, -0.25) is 4.98 Å². The van der Waals surface area contributed by atoms with Crippen molar-refractivity contribution in [3.05, 3.63) is 35.9 Å². The van der Waals surface area contributed by atoms with Crippen LogP contribution in [-0.4, -0.2) is 39.5 Å². The number of nitrogens with one attached hydrogen (secondary N) is 1. The Balaban J connectivity index is 1.70. The molecule has 2 aromatic heterocycles. The summed E-state index contributed by atoms with van der Waals surface area (Å²) in [7, 11) is 0. The van der Waals surface area contributed by atoms with Crippen LogP contribution in [0.25, 0.3) is 0 Å². The summed E-state index contributed by atoms with van der Waals surface area (Å²) in [5, 5.41) is 8.07. The summed E-state index contributed by atoms with van der Waals surface area (Å²) in [5.41, 5.74) is 1.24. The molecule has 2 atom stereocenters. The van der Waals surface area contributed by atoms with E-state index in [2.05, 4.69) is 27.4 Å². The molecule has 2 aromatic rings. The summed E-state index contributed by atoms with van der Waals surface area (Å²) in [6.45, 7) is 2.48. The highest BCUT2D eigenvalue weighted by Crippen LogP contribution is 2.30. The molecule has 104 valence electrons. The Kier molecular flexibility index (Phi) is 2.88. The smallest absolute Gasteiger partial charge is 0.221 e. The van der Waals surface area contributed by atoms with Gasteiger partial charge in [0.2, 0.25) is 5.95 Å². The second-order valence-electron chi connectivity index (χ2n) is 5.31. The molecule has 6 nitrogen and oxygen atoms in total. The molecule has 0 aromatic carbocycles. The second kappa shape index (κ2) is 4.86. The number of ether oxygens (including phenoxy) is 1. The van der Waals surface area contributed by atoms with Crippen molar-refractivity contribution in [1.82, 2.24) is 19.7 Å². The maximum atomic E-state index is 5.44. The molecule has 0 spiro atoms. The Bertz CT molecular complexity index is 591. The molecule has 0 radical (unpaired) electrons.